The summed E-state index contributed by atoms with van der Waals surface area (Å²) in [6.07, 6.45) is 8.41. The number of nitro benzene ring substituents is 1. The van der Waals surface area contributed by atoms with Crippen LogP contribution in [0.1, 0.15) is 38.5 Å². The van der Waals surface area contributed by atoms with E-state index in [4.69, 9.17) is 12.2 Å². The predicted molar refractivity (Wildman–Crippen MR) is 97.9 cm³/mol. The van der Waals surface area contributed by atoms with Gasteiger partial charge in [0.25, 0.3) is 5.69 Å². The van der Waals surface area contributed by atoms with Gasteiger partial charge in [-0.05, 0) is 86.0 Å². The lowest BCUT2D eigenvalue weighted by Crippen LogP contribution is -2.51. The van der Waals surface area contributed by atoms with Gasteiger partial charge < -0.3 is 10.6 Å². The summed E-state index contributed by atoms with van der Waals surface area (Å²) in [4.78, 5) is 10.3. The van der Waals surface area contributed by atoms with Crippen molar-refractivity contribution in [3.05, 3.63) is 34.4 Å². The average molecular weight is 345 g/mol. The molecule has 0 atom stereocenters. The summed E-state index contributed by atoms with van der Waals surface area (Å²) >= 11 is 5.42. The number of nitro groups is 1. The Hall–Kier alpha value is -1.69. The lowest BCUT2D eigenvalue weighted by molar-refractivity contribution is -0.384. The van der Waals surface area contributed by atoms with Gasteiger partial charge in [-0.2, -0.15) is 0 Å². The first kappa shape index (κ1) is 15.8. The highest BCUT2D eigenvalue weighted by Crippen LogP contribution is 2.59. The summed E-state index contributed by atoms with van der Waals surface area (Å²) in [6, 6.07) is 6.36. The van der Waals surface area contributed by atoms with Crippen LogP contribution < -0.4 is 10.6 Å². The lowest BCUT2D eigenvalue weighted by Gasteiger charge is -2.57. The molecule has 4 bridgehead atoms. The molecule has 128 valence electrons. The van der Waals surface area contributed by atoms with Crippen molar-refractivity contribution >= 4 is 28.7 Å². The van der Waals surface area contributed by atoms with E-state index in [9.17, 15) is 10.1 Å². The Morgan fingerprint density at radius 2 is 1.67 bits per heavy atom. The smallest absolute Gasteiger partial charge is 0.269 e. The molecule has 1 aromatic carbocycles. The third-order valence-electron chi connectivity index (χ3n) is 6.13. The number of rotatable bonds is 4. The second kappa shape index (κ2) is 5.99. The molecular weight excluding hydrogens is 322 g/mol. The van der Waals surface area contributed by atoms with Crippen molar-refractivity contribution in [3.63, 3.8) is 0 Å². The van der Waals surface area contributed by atoms with Crippen molar-refractivity contribution in [1.29, 1.82) is 0 Å². The molecule has 4 aliphatic carbocycles. The molecule has 2 N–H and O–H groups in total. The van der Waals surface area contributed by atoms with E-state index in [0.29, 0.717) is 10.5 Å². The first-order chi connectivity index (χ1) is 11.5. The van der Waals surface area contributed by atoms with Crippen LogP contribution in [0.25, 0.3) is 0 Å². The molecule has 0 spiro atoms. The molecule has 5 rings (SSSR count). The van der Waals surface area contributed by atoms with Gasteiger partial charge in [-0.1, -0.05) is 0 Å². The van der Waals surface area contributed by atoms with E-state index in [1.54, 1.807) is 12.1 Å². The third kappa shape index (κ3) is 3.11. The van der Waals surface area contributed by atoms with Crippen LogP contribution >= 0.6 is 12.2 Å². The summed E-state index contributed by atoms with van der Waals surface area (Å²) in [6.45, 7) is 0.954. The number of nitrogens with one attached hydrogen (secondary N) is 2. The molecule has 0 amide bonds. The van der Waals surface area contributed by atoms with Crippen molar-refractivity contribution < 1.29 is 4.92 Å². The van der Waals surface area contributed by atoms with Crippen LogP contribution in [0.5, 0.6) is 0 Å². The maximum absolute atomic E-state index is 10.7. The number of hydrogen-bond donors (Lipinski definition) is 2. The van der Waals surface area contributed by atoms with Crippen LogP contribution in [0.3, 0.4) is 0 Å². The fourth-order valence-electron chi connectivity index (χ4n) is 5.62. The Labute approximate surface area is 147 Å². The van der Waals surface area contributed by atoms with E-state index in [1.165, 1.54) is 50.7 Å². The quantitative estimate of drug-likeness (QED) is 0.488. The van der Waals surface area contributed by atoms with Crippen LogP contribution in [-0.4, -0.2) is 16.6 Å². The Bertz CT molecular complexity index is 623. The van der Waals surface area contributed by atoms with Gasteiger partial charge in [0.05, 0.1) is 4.92 Å². The first-order valence-corrected chi connectivity index (χ1v) is 9.21. The van der Waals surface area contributed by atoms with Gasteiger partial charge in [0, 0.05) is 24.4 Å². The highest BCUT2D eigenvalue weighted by atomic mass is 32.1. The van der Waals surface area contributed by atoms with Gasteiger partial charge >= 0.3 is 0 Å². The molecule has 4 fully saturated rings. The van der Waals surface area contributed by atoms with Gasteiger partial charge in [-0.15, -0.1) is 0 Å². The van der Waals surface area contributed by atoms with Crippen LogP contribution in [-0.2, 0) is 0 Å². The Kier molecular flexibility index (Phi) is 3.95. The van der Waals surface area contributed by atoms with Crippen molar-refractivity contribution in [2.45, 2.75) is 38.5 Å². The maximum Gasteiger partial charge on any atom is 0.269 e. The Morgan fingerprint density at radius 3 is 2.17 bits per heavy atom. The van der Waals surface area contributed by atoms with Crippen molar-refractivity contribution in [2.75, 3.05) is 11.9 Å². The van der Waals surface area contributed by atoms with Gasteiger partial charge in [-0.3, -0.25) is 10.1 Å². The monoisotopic (exact) mass is 345 g/mol. The zero-order valence-electron chi connectivity index (χ0n) is 13.7. The number of hydrogen-bond acceptors (Lipinski definition) is 3. The summed E-state index contributed by atoms with van der Waals surface area (Å²) < 4.78 is 0. The summed E-state index contributed by atoms with van der Waals surface area (Å²) in [7, 11) is 0. The second-order valence-electron chi connectivity index (χ2n) is 8.03. The summed E-state index contributed by atoms with van der Waals surface area (Å²) in [5, 5.41) is 17.9. The fraction of sp³-hybridized carbons (Fsp3) is 0.611. The highest BCUT2D eigenvalue weighted by Gasteiger charge is 2.50. The van der Waals surface area contributed by atoms with E-state index in [-0.39, 0.29) is 5.69 Å². The van der Waals surface area contributed by atoms with Crippen LogP contribution in [0, 0.1) is 33.3 Å². The maximum atomic E-state index is 10.7. The number of benzene rings is 1. The predicted octanol–water partition coefficient (Wildman–Crippen LogP) is 4.10. The summed E-state index contributed by atoms with van der Waals surface area (Å²) in [5.41, 5.74) is 1.31. The number of non-ortho nitro benzene ring substituents is 1. The molecule has 0 heterocycles. The minimum atomic E-state index is -0.395. The molecule has 24 heavy (non-hydrogen) atoms. The van der Waals surface area contributed by atoms with Gasteiger partial charge in [0.15, 0.2) is 5.11 Å². The van der Waals surface area contributed by atoms with Gasteiger partial charge in [0.2, 0.25) is 0 Å². The molecule has 6 heteroatoms. The minimum absolute atomic E-state index is 0.0907. The average Bonchev–Trinajstić information content (AvgIpc) is 2.52. The molecular formula is C18H23N3O2S. The number of thiocarbonyl (C=S) groups is 1. The van der Waals surface area contributed by atoms with E-state index < -0.39 is 4.92 Å². The van der Waals surface area contributed by atoms with E-state index in [0.717, 1.165) is 30.0 Å². The zero-order chi connectivity index (χ0) is 16.7. The molecule has 4 aliphatic rings. The fourth-order valence-corrected chi connectivity index (χ4v) is 5.81. The lowest BCUT2D eigenvalue weighted by atomic mass is 9.49. The molecule has 0 saturated heterocycles. The van der Waals surface area contributed by atoms with Crippen molar-refractivity contribution in [1.82, 2.24) is 5.32 Å². The molecule has 0 unspecified atom stereocenters. The van der Waals surface area contributed by atoms with E-state index in [1.807, 2.05) is 0 Å². The largest absolute Gasteiger partial charge is 0.362 e. The molecule has 5 nitrogen and oxygen atoms in total. The van der Waals surface area contributed by atoms with Gasteiger partial charge in [-0.25, -0.2) is 0 Å². The zero-order valence-corrected chi connectivity index (χ0v) is 14.5. The molecule has 0 aromatic heterocycles. The van der Waals surface area contributed by atoms with E-state index >= 15 is 0 Å². The van der Waals surface area contributed by atoms with Crippen molar-refractivity contribution in [2.24, 2.45) is 23.2 Å². The second-order valence-corrected chi connectivity index (χ2v) is 8.44. The van der Waals surface area contributed by atoms with E-state index in [2.05, 4.69) is 10.6 Å². The number of anilines is 1. The molecule has 1 aromatic rings. The molecule has 4 saturated carbocycles. The highest BCUT2D eigenvalue weighted by molar-refractivity contribution is 7.80. The normalized spacial score (nSPS) is 33.2. The van der Waals surface area contributed by atoms with Crippen LogP contribution in [0.4, 0.5) is 11.4 Å². The first-order valence-electron chi connectivity index (χ1n) is 8.81. The third-order valence-corrected chi connectivity index (χ3v) is 6.37. The number of nitrogens with zero attached hydrogens (tertiary/aromatic N) is 1. The van der Waals surface area contributed by atoms with Crippen molar-refractivity contribution in [3.8, 4) is 0 Å². The topological polar surface area (TPSA) is 67.2 Å². The van der Waals surface area contributed by atoms with Crippen LogP contribution in [0.2, 0.25) is 0 Å². The standard InChI is InChI=1S/C18H23N3O2S/c22-21(23)16-3-1-15(2-4-16)20-17(24)19-11-18-8-12-5-13(9-18)7-14(6-12)10-18/h1-4,12-14H,5-11H2,(H2,19,20,24). The Balaban J connectivity index is 1.33. The summed E-state index contributed by atoms with van der Waals surface area (Å²) in [5.74, 6) is 2.82. The van der Waals surface area contributed by atoms with Gasteiger partial charge in [0.1, 0.15) is 0 Å². The Morgan fingerprint density at radius 1 is 1.12 bits per heavy atom. The molecule has 0 aliphatic heterocycles. The minimum Gasteiger partial charge on any atom is -0.362 e. The molecule has 0 radical (unpaired) electrons. The SMILES string of the molecule is O=[N+]([O-])c1ccc(NC(=S)NCC23CC4CC(CC(C4)C2)C3)cc1. The van der Waals surface area contributed by atoms with Crippen LogP contribution in [0.15, 0.2) is 24.3 Å².